The van der Waals surface area contributed by atoms with Crippen LogP contribution in [0.2, 0.25) is 0 Å². The lowest BCUT2D eigenvalue weighted by atomic mass is 9.84. The highest BCUT2D eigenvalue weighted by Gasteiger charge is 2.30. The Balaban J connectivity index is 2.27. The molecule has 2 N–H and O–H groups in total. The first-order chi connectivity index (χ1) is 9.94. The third kappa shape index (κ3) is 3.65. The second kappa shape index (κ2) is 6.32. The van der Waals surface area contributed by atoms with Gasteiger partial charge in [-0.05, 0) is 42.9 Å². The molecule has 0 radical (unpaired) electrons. The first-order valence-corrected chi connectivity index (χ1v) is 7.52. The Labute approximate surface area is 127 Å². The van der Waals surface area contributed by atoms with E-state index in [1.165, 1.54) is 6.42 Å². The third-order valence-electron chi connectivity index (χ3n) is 4.08. The normalized spacial score (nSPS) is 17.0. The predicted molar refractivity (Wildman–Crippen MR) is 86.0 cm³/mol. The van der Waals surface area contributed by atoms with Crippen LogP contribution in [-0.4, -0.2) is 30.4 Å². The molecule has 0 aliphatic carbocycles. The molecule has 112 valence electrons. The maximum Gasteiger partial charge on any atom is 0.254 e. The number of hydrogen-bond donors (Lipinski definition) is 1. The van der Waals surface area contributed by atoms with Crippen LogP contribution in [0.1, 0.15) is 48.2 Å². The number of nitrogens with zero attached hydrogens (tertiary/aromatic N) is 1. The Morgan fingerprint density at radius 3 is 2.86 bits per heavy atom. The van der Waals surface area contributed by atoms with Gasteiger partial charge in [0.05, 0.1) is 6.54 Å². The van der Waals surface area contributed by atoms with Crippen molar-refractivity contribution in [3.8, 4) is 11.8 Å². The van der Waals surface area contributed by atoms with Crippen molar-refractivity contribution in [2.75, 3.05) is 19.6 Å². The number of piperidine rings is 1. The molecular weight excluding hydrogens is 260 g/mol. The molecule has 1 fully saturated rings. The average Bonchev–Trinajstić information content (AvgIpc) is 2.44. The van der Waals surface area contributed by atoms with Gasteiger partial charge >= 0.3 is 0 Å². The van der Waals surface area contributed by atoms with Crippen molar-refractivity contribution in [1.29, 1.82) is 0 Å². The molecule has 0 spiro atoms. The summed E-state index contributed by atoms with van der Waals surface area (Å²) in [5.74, 6) is 6.02. The van der Waals surface area contributed by atoms with E-state index >= 15 is 0 Å². The summed E-state index contributed by atoms with van der Waals surface area (Å²) in [5.41, 5.74) is 8.23. The molecule has 3 heteroatoms. The van der Waals surface area contributed by atoms with Crippen LogP contribution in [-0.2, 0) is 0 Å². The lowest BCUT2D eigenvalue weighted by Gasteiger charge is -2.38. The molecule has 1 aliphatic rings. The summed E-state index contributed by atoms with van der Waals surface area (Å²) in [6.07, 6.45) is 2.25. The monoisotopic (exact) mass is 284 g/mol. The Kier molecular flexibility index (Phi) is 4.69. The van der Waals surface area contributed by atoms with Crippen molar-refractivity contribution >= 4 is 5.91 Å². The summed E-state index contributed by atoms with van der Waals surface area (Å²) < 4.78 is 0. The lowest BCUT2D eigenvalue weighted by molar-refractivity contribution is 0.0582. The van der Waals surface area contributed by atoms with E-state index < -0.39 is 0 Å². The minimum atomic E-state index is 0.122. The zero-order valence-corrected chi connectivity index (χ0v) is 13.2. The number of likely N-dealkylation sites (tertiary alicyclic amines) is 1. The number of hydrogen-bond acceptors (Lipinski definition) is 2. The molecule has 0 aromatic heterocycles. The van der Waals surface area contributed by atoms with E-state index in [-0.39, 0.29) is 11.3 Å². The fourth-order valence-electron chi connectivity index (χ4n) is 2.92. The zero-order valence-electron chi connectivity index (χ0n) is 13.2. The Morgan fingerprint density at radius 2 is 2.19 bits per heavy atom. The Morgan fingerprint density at radius 1 is 1.43 bits per heavy atom. The number of nitrogens with two attached hydrogens (primary N) is 1. The molecule has 0 atom stereocenters. The van der Waals surface area contributed by atoms with E-state index in [1.54, 1.807) is 0 Å². The molecule has 0 unspecified atom stereocenters. The zero-order chi connectivity index (χ0) is 15.5. The molecule has 0 saturated carbocycles. The fourth-order valence-corrected chi connectivity index (χ4v) is 2.92. The maximum atomic E-state index is 12.8. The Hall–Kier alpha value is -1.79. The van der Waals surface area contributed by atoms with Gasteiger partial charge in [0.25, 0.3) is 5.91 Å². The van der Waals surface area contributed by atoms with Crippen LogP contribution in [0.5, 0.6) is 0 Å². The number of rotatable bonds is 1. The second-order valence-electron chi connectivity index (χ2n) is 6.48. The minimum absolute atomic E-state index is 0.122. The van der Waals surface area contributed by atoms with Crippen molar-refractivity contribution in [2.24, 2.45) is 11.1 Å². The largest absolute Gasteiger partial charge is 0.338 e. The molecular formula is C18H24N2O. The van der Waals surface area contributed by atoms with Gasteiger partial charge < -0.3 is 10.6 Å². The SMILES string of the molecule is Cc1c(C#CCN)cccc1C(=O)N1CCCC(C)(C)C1. The highest BCUT2D eigenvalue weighted by Crippen LogP contribution is 2.29. The highest BCUT2D eigenvalue weighted by atomic mass is 16.2. The fraction of sp³-hybridized carbons (Fsp3) is 0.500. The van der Waals surface area contributed by atoms with E-state index in [9.17, 15) is 4.79 Å². The second-order valence-corrected chi connectivity index (χ2v) is 6.48. The third-order valence-corrected chi connectivity index (χ3v) is 4.08. The van der Waals surface area contributed by atoms with E-state index in [0.29, 0.717) is 6.54 Å². The van der Waals surface area contributed by atoms with Gasteiger partial charge in [-0.3, -0.25) is 4.79 Å². The molecule has 1 heterocycles. The van der Waals surface area contributed by atoms with Crippen molar-refractivity contribution in [3.05, 3.63) is 34.9 Å². The summed E-state index contributed by atoms with van der Waals surface area (Å²) in [6, 6.07) is 5.73. The van der Waals surface area contributed by atoms with Crippen LogP contribution in [0.4, 0.5) is 0 Å². The topological polar surface area (TPSA) is 46.3 Å². The standard InChI is InChI=1S/C18H24N2O/c1-14-15(8-5-11-19)7-4-9-16(14)17(21)20-12-6-10-18(2,3)13-20/h4,7,9H,6,10-13,19H2,1-3H3. The first kappa shape index (κ1) is 15.6. The van der Waals surface area contributed by atoms with E-state index in [4.69, 9.17) is 5.73 Å². The quantitative estimate of drug-likeness (QED) is 0.806. The number of benzene rings is 1. The van der Waals surface area contributed by atoms with Crippen molar-refractivity contribution in [1.82, 2.24) is 4.90 Å². The van der Waals surface area contributed by atoms with Gasteiger partial charge in [0.15, 0.2) is 0 Å². The molecule has 2 rings (SSSR count). The average molecular weight is 284 g/mol. The smallest absolute Gasteiger partial charge is 0.254 e. The molecule has 1 aromatic carbocycles. The predicted octanol–water partition coefficient (Wildman–Crippen LogP) is 2.57. The maximum absolute atomic E-state index is 12.8. The van der Waals surface area contributed by atoms with Crippen LogP contribution in [0, 0.1) is 24.2 Å². The number of carbonyl (C=O) groups excluding carboxylic acids is 1. The molecule has 0 bridgehead atoms. The first-order valence-electron chi connectivity index (χ1n) is 7.52. The van der Waals surface area contributed by atoms with Gasteiger partial charge in [0.1, 0.15) is 0 Å². The van der Waals surface area contributed by atoms with Crippen LogP contribution >= 0.6 is 0 Å². The van der Waals surface area contributed by atoms with Crippen LogP contribution in [0.25, 0.3) is 0 Å². The summed E-state index contributed by atoms with van der Waals surface area (Å²) >= 11 is 0. The lowest BCUT2D eigenvalue weighted by Crippen LogP contribution is -2.43. The van der Waals surface area contributed by atoms with Crippen LogP contribution < -0.4 is 5.73 Å². The van der Waals surface area contributed by atoms with Crippen LogP contribution in [0.3, 0.4) is 0 Å². The summed E-state index contributed by atoms with van der Waals surface area (Å²) in [6.45, 7) is 8.41. The number of amides is 1. The molecule has 1 aromatic rings. The van der Waals surface area contributed by atoms with Gasteiger partial charge in [-0.2, -0.15) is 0 Å². The van der Waals surface area contributed by atoms with Crippen molar-refractivity contribution in [3.63, 3.8) is 0 Å². The molecule has 3 nitrogen and oxygen atoms in total. The van der Waals surface area contributed by atoms with Gasteiger partial charge in [-0.25, -0.2) is 0 Å². The minimum Gasteiger partial charge on any atom is -0.338 e. The van der Waals surface area contributed by atoms with E-state index in [0.717, 1.165) is 36.2 Å². The van der Waals surface area contributed by atoms with Gasteiger partial charge in [0, 0.05) is 24.2 Å². The number of carbonyl (C=O) groups is 1. The summed E-state index contributed by atoms with van der Waals surface area (Å²) in [5, 5.41) is 0. The van der Waals surface area contributed by atoms with Gasteiger partial charge in [-0.1, -0.05) is 31.8 Å². The molecule has 1 saturated heterocycles. The molecule has 1 aliphatic heterocycles. The van der Waals surface area contributed by atoms with E-state index in [1.807, 2.05) is 30.0 Å². The van der Waals surface area contributed by atoms with Crippen molar-refractivity contribution < 1.29 is 4.79 Å². The Bertz CT molecular complexity index is 593. The molecule has 21 heavy (non-hydrogen) atoms. The van der Waals surface area contributed by atoms with Gasteiger partial charge in [-0.15, -0.1) is 0 Å². The highest BCUT2D eigenvalue weighted by molar-refractivity contribution is 5.96. The van der Waals surface area contributed by atoms with Gasteiger partial charge in [0.2, 0.25) is 0 Å². The van der Waals surface area contributed by atoms with Crippen LogP contribution in [0.15, 0.2) is 18.2 Å². The van der Waals surface area contributed by atoms with Crippen molar-refractivity contribution in [2.45, 2.75) is 33.6 Å². The summed E-state index contributed by atoms with van der Waals surface area (Å²) in [4.78, 5) is 14.8. The summed E-state index contributed by atoms with van der Waals surface area (Å²) in [7, 11) is 0. The molecule has 1 amide bonds. The van der Waals surface area contributed by atoms with E-state index in [2.05, 4.69) is 25.7 Å².